The molecule has 0 radical (unpaired) electrons. The molecule has 0 aromatic heterocycles. The standard InChI is InChI=1S/C25H32N2O5/c1-16(2)26-25(29)20-15-27(23(28)11-17-9-7-6-8-10-17)14-19(20)18-12-21(30-3)24(32-5)22(13-18)31-4/h6-10,12-13,16,19-20H,11,14-15H2,1-5H3,(H,26,29). The highest BCUT2D eigenvalue weighted by molar-refractivity contribution is 5.84. The van der Waals surface area contributed by atoms with Crippen LogP contribution < -0.4 is 19.5 Å². The van der Waals surface area contributed by atoms with E-state index in [0.29, 0.717) is 36.8 Å². The quantitative estimate of drug-likeness (QED) is 0.683. The normalized spacial score (nSPS) is 17.9. The number of rotatable bonds is 8. The second-order valence-electron chi connectivity index (χ2n) is 8.30. The Balaban J connectivity index is 1.92. The first-order valence-electron chi connectivity index (χ1n) is 10.8. The zero-order valence-electron chi connectivity index (χ0n) is 19.4. The Morgan fingerprint density at radius 3 is 2.16 bits per heavy atom. The van der Waals surface area contributed by atoms with E-state index in [1.165, 1.54) is 0 Å². The fourth-order valence-corrected chi connectivity index (χ4v) is 4.20. The minimum Gasteiger partial charge on any atom is -0.493 e. The van der Waals surface area contributed by atoms with Crippen molar-refractivity contribution in [2.24, 2.45) is 5.92 Å². The van der Waals surface area contributed by atoms with Gasteiger partial charge in [-0.05, 0) is 37.1 Å². The van der Waals surface area contributed by atoms with Crippen LogP contribution in [0, 0.1) is 5.92 Å². The van der Waals surface area contributed by atoms with Gasteiger partial charge in [-0.3, -0.25) is 9.59 Å². The van der Waals surface area contributed by atoms with Crippen molar-refractivity contribution in [2.45, 2.75) is 32.2 Å². The molecule has 172 valence electrons. The summed E-state index contributed by atoms with van der Waals surface area (Å²) in [5, 5.41) is 3.01. The first-order chi connectivity index (χ1) is 15.4. The third kappa shape index (κ3) is 5.15. The number of carbonyl (C=O) groups excluding carboxylic acids is 2. The summed E-state index contributed by atoms with van der Waals surface area (Å²) in [7, 11) is 4.68. The van der Waals surface area contributed by atoms with Gasteiger partial charge in [-0.2, -0.15) is 0 Å². The lowest BCUT2D eigenvalue weighted by Gasteiger charge is -2.21. The van der Waals surface area contributed by atoms with Crippen molar-refractivity contribution >= 4 is 11.8 Å². The van der Waals surface area contributed by atoms with Crippen LogP contribution in [0.4, 0.5) is 0 Å². The molecule has 1 saturated heterocycles. The molecule has 0 aliphatic carbocycles. The van der Waals surface area contributed by atoms with Crippen molar-refractivity contribution in [3.8, 4) is 17.2 Å². The van der Waals surface area contributed by atoms with E-state index in [9.17, 15) is 9.59 Å². The molecule has 1 fully saturated rings. The Morgan fingerprint density at radius 1 is 1.00 bits per heavy atom. The molecule has 2 unspecified atom stereocenters. The van der Waals surface area contributed by atoms with E-state index in [2.05, 4.69) is 5.32 Å². The third-order valence-corrected chi connectivity index (χ3v) is 5.75. The SMILES string of the molecule is COc1cc(C2CN(C(=O)Cc3ccccc3)CC2C(=O)NC(C)C)cc(OC)c1OC. The summed E-state index contributed by atoms with van der Waals surface area (Å²) in [6.07, 6.45) is 0.307. The van der Waals surface area contributed by atoms with Gasteiger partial charge >= 0.3 is 0 Å². The summed E-state index contributed by atoms with van der Waals surface area (Å²) in [5.41, 5.74) is 1.83. The van der Waals surface area contributed by atoms with Gasteiger partial charge in [-0.1, -0.05) is 30.3 Å². The summed E-state index contributed by atoms with van der Waals surface area (Å²) in [4.78, 5) is 27.9. The van der Waals surface area contributed by atoms with Gasteiger partial charge in [-0.25, -0.2) is 0 Å². The average molecular weight is 441 g/mol. The number of nitrogens with one attached hydrogen (secondary N) is 1. The van der Waals surface area contributed by atoms with Gasteiger partial charge < -0.3 is 24.4 Å². The maximum atomic E-state index is 13.1. The molecule has 2 aromatic rings. The van der Waals surface area contributed by atoms with Crippen molar-refractivity contribution in [1.82, 2.24) is 10.2 Å². The monoisotopic (exact) mass is 440 g/mol. The van der Waals surface area contributed by atoms with E-state index in [-0.39, 0.29) is 29.7 Å². The fraction of sp³-hybridized carbons (Fsp3) is 0.440. The van der Waals surface area contributed by atoms with Crippen molar-refractivity contribution < 1.29 is 23.8 Å². The molecule has 1 aliphatic heterocycles. The molecule has 2 atom stereocenters. The average Bonchev–Trinajstić information content (AvgIpc) is 3.24. The van der Waals surface area contributed by atoms with E-state index in [1.807, 2.05) is 56.3 Å². The highest BCUT2D eigenvalue weighted by atomic mass is 16.5. The summed E-state index contributed by atoms with van der Waals surface area (Å²) >= 11 is 0. The summed E-state index contributed by atoms with van der Waals surface area (Å²) < 4.78 is 16.4. The lowest BCUT2D eigenvalue weighted by molar-refractivity contribution is -0.130. The number of carbonyl (C=O) groups is 2. The van der Waals surface area contributed by atoms with Crippen LogP contribution in [0.15, 0.2) is 42.5 Å². The number of hydrogen-bond acceptors (Lipinski definition) is 5. The largest absolute Gasteiger partial charge is 0.493 e. The van der Waals surface area contributed by atoms with Gasteiger partial charge in [0, 0.05) is 25.0 Å². The number of ether oxygens (including phenoxy) is 3. The molecule has 0 bridgehead atoms. The lowest BCUT2D eigenvalue weighted by atomic mass is 9.87. The molecule has 32 heavy (non-hydrogen) atoms. The highest BCUT2D eigenvalue weighted by Gasteiger charge is 2.41. The molecular weight excluding hydrogens is 408 g/mol. The number of hydrogen-bond donors (Lipinski definition) is 1. The zero-order valence-corrected chi connectivity index (χ0v) is 19.4. The molecule has 3 rings (SSSR count). The second-order valence-corrected chi connectivity index (χ2v) is 8.30. The van der Waals surface area contributed by atoms with Crippen molar-refractivity contribution in [3.63, 3.8) is 0 Å². The molecule has 1 aliphatic rings. The Hall–Kier alpha value is -3.22. The van der Waals surface area contributed by atoms with Crippen LogP contribution in [0.1, 0.15) is 30.9 Å². The van der Waals surface area contributed by atoms with Gasteiger partial charge in [-0.15, -0.1) is 0 Å². The molecule has 2 amide bonds. The first-order valence-corrected chi connectivity index (χ1v) is 10.8. The Morgan fingerprint density at radius 2 is 1.62 bits per heavy atom. The minimum atomic E-state index is -0.375. The van der Waals surface area contributed by atoms with Crippen LogP contribution in [-0.2, 0) is 16.0 Å². The van der Waals surface area contributed by atoms with Gasteiger partial charge in [0.15, 0.2) is 11.5 Å². The molecule has 0 spiro atoms. The molecule has 2 aromatic carbocycles. The van der Waals surface area contributed by atoms with Gasteiger partial charge in [0.25, 0.3) is 0 Å². The number of benzene rings is 2. The smallest absolute Gasteiger partial charge is 0.227 e. The van der Waals surface area contributed by atoms with Crippen LogP contribution in [-0.4, -0.2) is 57.2 Å². The minimum absolute atomic E-state index is 0.00786. The van der Waals surface area contributed by atoms with Crippen LogP contribution in [0.25, 0.3) is 0 Å². The number of amides is 2. The molecule has 1 N–H and O–H groups in total. The predicted molar refractivity (Wildman–Crippen MR) is 122 cm³/mol. The highest BCUT2D eigenvalue weighted by Crippen LogP contribution is 2.43. The fourth-order valence-electron chi connectivity index (χ4n) is 4.20. The van der Waals surface area contributed by atoms with E-state index in [4.69, 9.17) is 14.2 Å². The maximum absolute atomic E-state index is 13.1. The summed E-state index contributed by atoms with van der Waals surface area (Å²) in [5.74, 6) is 0.930. The van der Waals surface area contributed by atoms with Gasteiger partial charge in [0.05, 0.1) is 33.7 Å². The van der Waals surface area contributed by atoms with Crippen LogP contribution in [0.2, 0.25) is 0 Å². The predicted octanol–water partition coefficient (Wildman–Crippen LogP) is 3.02. The summed E-state index contributed by atoms with van der Waals surface area (Å²) in [6, 6.07) is 13.4. The van der Waals surface area contributed by atoms with E-state index in [1.54, 1.807) is 26.2 Å². The van der Waals surface area contributed by atoms with Crippen LogP contribution in [0.5, 0.6) is 17.2 Å². The summed E-state index contributed by atoms with van der Waals surface area (Å²) in [6.45, 7) is 4.67. The number of likely N-dealkylation sites (tertiary alicyclic amines) is 1. The zero-order chi connectivity index (χ0) is 23.3. The number of nitrogens with zero attached hydrogens (tertiary/aromatic N) is 1. The van der Waals surface area contributed by atoms with E-state index in [0.717, 1.165) is 11.1 Å². The molecule has 0 saturated carbocycles. The molecule has 7 nitrogen and oxygen atoms in total. The lowest BCUT2D eigenvalue weighted by Crippen LogP contribution is -2.39. The molecule has 1 heterocycles. The molecule has 7 heteroatoms. The topological polar surface area (TPSA) is 77.1 Å². The maximum Gasteiger partial charge on any atom is 0.227 e. The van der Waals surface area contributed by atoms with Crippen molar-refractivity contribution in [3.05, 3.63) is 53.6 Å². The third-order valence-electron chi connectivity index (χ3n) is 5.75. The Labute approximate surface area is 189 Å². The second kappa shape index (κ2) is 10.4. The van der Waals surface area contributed by atoms with Crippen LogP contribution >= 0.6 is 0 Å². The Bertz CT molecular complexity index is 920. The van der Waals surface area contributed by atoms with Crippen molar-refractivity contribution in [1.29, 1.82) is 0 Å². The van der Waals surface area contributed by atoms with E-state index < -0.39 is 0 Å². The van der Waals surface area contributed by atoms with Gasteiger partial charge in [0.1, 0.15) is 0 Å². The van der Waals surface area contributed by atoms with E-state index >= 15 is 0 Å². The first kappa shape index (κ1) is 23.4. The van der Waals surface area contributed by atoms with Gasteiger partial charge in [0.2, 0.25) is 17.6 Å². The Kier molecular flexibility index (Phi) is 7.62. The molecular formula is C25H32N2O5. The number of methoxy groups -OCH3 is 3. The van der Waals surface area contributed by atoms with Crippen LogP contribution in [0.3, 0.4) is 0 Å². The van der Waals surface area contributed by atoms with Crippen molar-refractivity contribution in [2.75, 3.05) is 34.4 Å².